The van der Waals surface area contributed by atoms with Crippen LogP contribution in [0.1, 0.15) is 44.4 Å². The number of allylic oxidation sites excluding steroid dienone is 4. The SMILES string of the molecule is CC1=CC(C)([Si](c2cc(C)c(-c3ccccc3)c(-c3ccccc3)c2-c2ccccc2)(c2cc(C)c(-c3ccccc3)c(-c3ccccc3)c2-c2ccccc2)c2cc(C)c(-c3ccccc3)c(-c3ccccc3)c2-c2ccccc2)C(C)=C1C. The Bertz CT molecular complexity index is 4030. The van der Waals surface area contributed by atoms with E-state index in [0.29, 0.717) is 0 Å². The van der Waals surface area contributed by atoms with Crippen LogP contribution in [0.15, 0.2) is 314 Å². The van der Waals surface area contributed by atoms with Gasteiger partial charge in [-0.2, -0.15) is 0 Å². The predicted octanol–water partition coefficient (Wildman–Crippen LogP) is 21.1. The minimum Gasteiger partial charge on any atom is -0.0730 e. The fourth-order valence-electron chi connectivity index (χ4n) is 14.7. The summed E-state index contributed by atoms with van der Waals surface area (Å²) in [6.45, 7) is 17.1. The molecule has 1 heteroatoms. The van der Waals surface area contributed by atoms with Gasteiger partial charge in [0, 0.05) is 5.04 Å². The van der Waals surface area contributed by atoms with Gasteiger partial charge < -0.3 is 0 Å². The van der Waals surface area contributed by atoms with Crippen molar-refractivity contribution in [2.24, 2.45) is 0 Å². The molecule has 0 heterocycles. The number of hydrogen-bond donors (Lipinski definition) is 0. The Hall–Kier alpha value is -9.66. The Balaban J connectivity index is 1.41. The minimum atomic E-state index is -4.04. The molecular formula is C84H70Si. The highest BCUT2D eigenvalue weighted by atomic mass is 28.3. The van der Waals surface area contributed by atoms with Crippen LogP contribution in [0.25, 0.3) is 100 Å². The van der Waals surface area contributed by atoms with Crippen molar-refractivity contribution in [1.29, 1.82) is 0 Å². The zero-order valence-corrected chi connectivity index (χ0v) is 50.8. The van der Waals surface area contributed by atoms with Gasteiger partial charge in [-0.05, 0) is 180 Å². The molecule has 0 fully saturated rings. The van der Waals surface area contributed by atoms with Crippen molar-refractivity contribution in [2.45, 2.75) is 53.5 Å². The zero-order valence-electron chi connectivity index (χ0n) is 49.8. The molecule has 0 spiro atoms. The second-order valence-corrected chi connectivity index (χ2v) is 27.6. The summed E-state index contributed by atoms with van der Waals surface area (Å²) < 4.78 is 0. The minimum absolute atomic E-state index is 0.615. The van der Waals surface area contributed by atoms with Crippen LogP contribution in [0.5, 0.6) is 0 Å². The monoisotopic (exact) mass is 1110 g/mol. The molecule has 0 nitrogen and oxygen atoms in total. The van der Waals surface area contributed by atoms with E-state index in [9.17, 15) is 0 Å². The fraction of sp³-hybridized carbons (Fsp3) is 0.0952. The van der Waals surface area contributed by atoms with Crippen LogP contribution in [0.2, 0.25) is 5.04 Å². The van der Waals surface area contributed by atoms with Gasteiger partial charge in [0.1, 0.15) is 0 Å². The Labute approximate surface area is 504 Å². The molecule has 0 bridgehead atoms. The molecule has 13 rings (SSSR count). The summed E-state index contributed by atoms with van der Waals surface area (Å²) >= 11 is 0. The number of benzene rings is 12. The van der Waals surface area contributed by atoms with E-state index < -0.39 is 13.1 Å². The van der Waals surface area contributed by atoms with Crippen molar-refractivity contribution in [2.75, 3.05) is 0 Å². The average molecular weight is 1110 g/mol. The Morgan fingerprint density at radius 1 is 0.235 bits per heavy atom. The third-order valence-electron chi connectivity index (χ3n) is 18.6. The Morgan fingerprint density at radius 3 is 0.612 bits per heavy atom. The first-order chi connectivity index (χ1) is 41.6. The summed E-state index contributed by atoms with van der Waals surface area (Å²) in [7, 11) is -4.04. The van der Waals surface area contributed by atoms with Gasteiger partial charge in [-0.3, -0.25) is 0 Å². The van der Waals surface area contributed by atoms with Crippen molar-refractivity contribution in [3.05, 3.63) is 331 Å². The molecule has 12 aromatic rings. The lowest BCUT2D eigenvalue weighted by Crippen LogP contribution is -2.74. The molecule has 1 aliphatic carbocycles. The van der Waals surface area contributed by atoms with E-state index in [1.807, 2.05) is 0 Å². The first-order valence-corrected chi connectivity index (χ1v) is 32.0. The quantitative estimate of drug-likeness (QED) is 0.0797. The molecule has 0 N–H and O–H groups in total. The third kappa shape index (κ3) is 9.32. The zero-order chi connectivity index (χ0) is 58.2. The number of rotatable bonds is 13. The fourth-order valence-corrected chi connectivity index (χ4v) is 21.6. The maximum absolute atomic E-state index is 4.04. The van der Waals surface area contributed by atoms with Crippen LogP contribution in [-0.4, -0.2) is 8.07 Å². The molecule has 0 saturated heterocycles. The van der Waals surface area contributed by atoms with E-state index in [4.69, 9.17) is 0 Å². The van der Waals surface area contributed by atoms with Crippen molar-refractivity contribution < 1.29 is 0 Å². The molecular weight excluding hydrogens is 1040 g/mol. The molecule has 0 aliphatic heterocycles. The van der Waals surface area contributed by atoms with Crippen molar-refractivity contribution in [3.63, 3.8) is 0 Å². The molecule has 12 aromatic carbocycles. The van der Waals surface area contributed by atoms with Gasteiger partial charge in [-0.15, -0.1) is 0 Å². The topological polar surface area (TPSA) is 0 Å². The van der Waals surface area contributed by atoms with Gasteiger partial charge in [-0.1, -0.05) is 315 Å². The van der Waals surface area contributed by atoms with Gasteiger partial charge in [0.15, 0.2) is 8.07 Å². The van der Waals surface area contributed by atoms with Crippen LogP contribution >= 0.6 is 0 Å². The first kappa shape index (κ1) is 54.6. The highest BCUT2D eigenvalue weighted by Crippen LogP contribution is 2.58. The normalized spacial score (nSPS) is 14.1. The van der Waals surface area contributed by atoms with Crippen LogP contribution < -0.4 is 15.6 Å². The van der Waals surface area contributed by atoms with Gasteiger partial charge in [-0.25, -0.2) is 0 Å². The second kappa shape index (κ2) is 22.8. The van der Waals surface area contributed by atoms with E-state index in [-0.39, 0.29) is 0 Å². The summed E-state index contributed by atoms with van der Waals surface area (Å²) in [5.74, 6) is 0. The van der Waals surface area contributed by atoms with Crippen molar-refractivity contribution in [3.8, 4) is 100 Å². The van der Waals surface area contributed by atoms with E-state index in [1.54, 1.807) is 0 Å². The van der Waals surface area contributed by atoms with Crippen molar-refractivity contribution in [1.82, 2.24) is 0 Å². The summed E-state index contributed by atoms with van der Waals surface area (Å²) in [5.41, 5.74) is 29.8. The van der Waals surface area contributed by atoms with Gasteiger partial charge in [0.25, 0.3) is 0 Å². The van der Waals surface area contributed by atoms with Crippen molar-refractivity contribution >= 4 is 23.6 Å². The molecule has 0 radical (unpaired) electrons. The predicted molar refractivity (Wildman–Crippen MR) is 368 cm³/mol. The Morgan fingerprint density at radius 2 is 0.424 bits per heavy atom. The van der Waals surface area contributed by atoms with Gasteiger partial charge >= 0.3 is 0 Å². The largest absolute Gasteiger partial charge is 0.163 e. The van der Waals surface area contributed by atoms with E-state index in [0.717, 1.165) is 0 Å². The molecule has 1 aliphatic rings. The molecule has 1 atom stereocenters. The van der Waals surface area contributed by atoms with Gasteiger partial charge in [0.05, 0.1) is 0 Å². The first-order valence-electron chi connectivity index (χ1n) is 30.0. The molecule has 410 valence electrons. The summed E-state index contributed by atoms with van der Waals surface area (Å²) in [5, 5.41) is 3.51. The average Bonchev–Trinajstić information content (AvgIpc) is 1.66. The van der Waals surface area contributed by atoms with E-state index in [1.165, 1.54) is 149 Å². The lowest BCUT2D eigenvalue weighted by Gasteiger charge is -2.51. The van der Waals surface area contributed by atoms with Gasteiger partial charge in [0.2, 0.25) is 0 Å². The maximum atomic E-state index is 2.73. The highest BCUT2D eigenvalue weighted by Gasteiger charge is 2.60. The number of hydrogen-bond acceptors (Lipinski definition) is 0. The lowest BCUT2D eigenvalue weighted by atomic mass is 9.84. The highest BCUT2D eigenvalue weighted by molar-refractivity contribution is 7.16. The van der Waals surface area contributed by atoms with Crippen LogP contribution in [0, 0.1) is 20.8 Å². The van der Waals surface area contributed by atoms with Crippen LogP contribution in [-0.2, 0) is 0 Å². The standard InChI is InChI=1S/C84H70Si/c1-57-53-72(78(66-41-23-11-24-42-66)81(69-47-29-14-30-48-69)75(57)63-35-17-8-18-36-63)85(84(7)56-60(4)61(5)62(84)6,73-54-58(2)76(64-37-19-9-20-38-64)82(70-49-31-15-32-50-70)79(73)67-43-25-12-26-44-67)74-55-59(3)77(65-39-21-10-22-40-65)83(71-51-33-16-34-52-71)80(74)68-45-27-13-28-46-68/h8-56H,1-7H3. The van der Waals surface area contributed by atoms with E-state index in [2.05, 4.69) is 346 Å². The summed E-state index contributed by atoms with van der Waals surface area (Å²) in [6, 6.07) is 110. The molecule has 0 amide bonds. The lowest BCUT2D eigenvalue weighted by molar-refractivity contribution is 0.870. The number of aryl methyl sites for hydroxylation is 3. The van der Waals surface area contributed by atoms with E-state index >= 15 is 0 Å². The van der Waals surface area contributed by atoms with Crippen LogP contribution in [0.3, 0.4) is 0 Å². The summed E-state index contributed by atoms with van der Waals surface area (Å²) in [4.78, 5) is 0. The van der Waals surface area contributed by atoms with Crippen LogP contribution in [0.4, 0.5) is 0 Å². The Kier molecular flexibility index (Phi) is 14.7. The molecule has 85 heavy (non-hydrogen) atoms. The maximum Gasteiger partial charge on any atom is 0.163 e. The third-order valence-corrected chi connectivity index (χ3v) is 24.2. The second-order valence-electron chi connectivity index (χ2n) is 23.4. The smallest absolute Gasteiger partial charge is 0.0730 e. The molecule has 1 unspecified atom stereocenters. The summed E-state index contributed by atoms with van der Waals surface area (Å²) in [6.07, 6.45) is 2.73. The molecule has 0 saturated carbocycles. The molecule has 0 aromatic heterocycles.